The zero-order valence-corrected chi connectivity index (χ0v) is 12.4. The predicted molar refractivity (Wildman–Crippen MR) is 79.6 cm³/mol. The third-order valence-electron chi connectivity index (χ3n) is 3.79. The van der Waals surface area contributed by atoms with E-state index in [4.69, 9.17) is 11.6 Å². The Kier molecular flexibility index (Phi) is 5.40. The Labute approximate surface area is 124 Å². The zero-order valence-electron chi connectivity index (χ0n) is 11.7. The fourth-order valence-electron chi connectivity index (χ4n) is 2.70. The van der Waals surface area contributed by atoms with Crippen LogP contribution < -0.4 is 5.32 Å². The Hall–Kier alpha value is -1.10. The molecule has 0 radical (unpaired) electrons. The molecule has 0 bridgehead atoms. The van der Waals surface area contributed by atoms with Crippen molar-refractivity contribution in [2.24, 2.45) is 5.92 Å². The number of aliphatic hydroxyl groups excluding tert-OH is 1. The molecule has 2 unspecified atom stereocenters. The second-order valence-corrected chi connectivity index (χ2v) is 5.72. The van der Waals surface area contributed by atoms with Crippen LogP contribution in [0, 0.1) is 5.92 Å². The molecular formula is C15H21ClN2O2. The maximum absolute atomic E-state index is 11.7. The number of likely N-dealkylation sites (tertiary alicyclic amines) is 1. The summed E-state index contributed by atoms with van der Waals surface area (Å²) in [6.07, 6.45) is 1.33. The molecule has 0 aromatic heterocycles. The monoisotopic (exact) mass is 296 g/mol. The van der Waals surface area contributed by atoms with Crippen molar-refractivity contribution in [1.82, 2.24) is 10.2 Å². The van der Waals surface area contributed by atoms with Crippen molar-refractivity contribution in [2.75, 3.05) is 26.7 Å². The van der Waals surface area contributed by atoms with Gasteiger partial charge in [-0.15, -0.1) is 0 Å². The number of aliphatic hydroxyl groups is 1. The Morgan fingerprint density at radius 3 is 3.10 bits per heavy atom. The molecule has 1 fully saturated rings. The summed E-state index contributed by atoms with van der Waals surface area (Å²) in [4.78, 5) is 13.8. The van der Waals surface area contributed by atoms with E-state index in [1.165, 1.54) is 0 Å². The molecule has 1 heterocycles. The zero-order chi connectivity index (χ0) is 14.5. The maximum Gasteiger partial charge on any atom is 0.224 e. The molecule has 5 heteroatoms. The minimum atomic E-state index is -0.572. The Bertz CT molecular complexity index is 467. The number of benzene rings is 1. The highest BCUT2D eigenvalue weighted by Gasteiger charge is 2.26. The van der Waals surface area contributed by atoms with E-state index in [0.717, 1.165) is 24.9 Å². The molecule has 2 N–H and O–H groups in total. The molecule has 4 nitrogen and oxygen atoms in total. The third kappa shape index (κ3) is 3.95. The molecule has 1 amide bonds. The van der Waals surface area contributed by atoms with E-state index in [9.17, 15) is 9.90 Å². The summed E-state index contributed by atoms with van der Waals surface area (Å²) >= 11 is 5.94. The summed E-state index contributed by atoms with van der Waals surface area (Å²) in [5, 5.41) is 13.6. The topological polar surface area (TPSA) is 52.6 Å². The number of carbonyl (C=O) groups is 1. The second-order valence-electron chi connectivity index (χ2n) is 5.28. The minimum Gasteiger partial charge on any atom is -0.387 e. The van der Waals surface area contributed by atoms with Crippen molar-refractivity contribution < 1.29 is 9.90 Å². The molecule has 2 atom stereocenters. The van der Waals surface area contributed by atoms with Crippen molar-refractivity contribution in [3.05, 3.63) is 34.9 Å². The van der Waals surface area contributed by atoms with Crippen molar-refractivity contribution in [3.8, 4) is 0 Å². The largest absolute Gasteiger partial charge is 0.387 e. The number of nitrogens with one attached hydrogen (secondary N) is 1. The molecule has 0 aliphatic carbocycles. The Morgan fingerprint density at radius 1 is 1.60 bits per heavy atom. The molecule has 1 aromatic carbocycles. The average molecular weight is 297 g/mol. The molecule has 110 valence electrons. The van der Waals surface area contributed by atoms with Crippen LogP contribution in [-0.2, 0) is 4.79 Å². The number of hydrogen-bond acceptors (Lipinski definition) is 3. The van der Waals surface area contributed by atoms with Gasteiger partial charge in [0.2, 0.25) is 5.91 Å². The standard InChI is InChI=1S/C15H21ClN2O2/c1-17-15(20)12-5-3-7-18(9-12)10-14(19)11-4-2-6-13(16)8-11/h2,4,6,8,12,14,19H,3,5,7,9-10H2,1H3,(H,17,20). The number of piperidine rings is 1. The van der Waals surface area contributed by atoms with Crippen LogP contribution in [0.2, 0.25) is 5.02 Å². The van der Waals surface area contributed by atoms with Crippen molar-refractivity contribution in [3.63, 3.8) is 0 Å². The highest BCUT2D eigenvalue weighted by Crippen LogP contribution is 2.22. The molecule has 1 aliphatic heterocycles. The van der Waals surface area contributed by atoms with E-state index >= 15 is 0 Å². The molecule has 0 saturated carbocycles. The van der Waals surface area contributed by atoms with Crippen LogP contribution >= 0.6 is 11.6 Å². The van der Waals surface area contributed by atoms with Crippen molar-refractivity contribution in [1.29, 1.82) is 0 Å². The minimum absolute atomic E-state index is 0.0281. The van der Waals surface area contributed by atoms with Gasteiger partial charge in [-0.2, -0.15) is 0 Å². The van der Waals surface area contributed by atoms with E-state index in [-0.39, 0.29) is 11.8 Å². The van der Waals surface area contributed by atoms with Gasteiger partial charge in [-0.05, 0) is 37.1 Å². The van der Waals surface area contributed by atoms with E-state index in [1.807, 2.05) is 12.1 Å². The van der Waals surface area contributed by atoms with Crippen LogP contribution in [0.25, 0.3) is 0 Å². The van der Waals surface area contributed by atoms with Gasteiger partial charge in [0, 0.05) is 25.2 Å². The van der Waals surface area contributed by atoms with Gasteiger partial charge in [-0.25, -0.2) is 0 Å². The van der Waals surface area contributed by atoms with Gasteiger partial charge in [-0.1, -0.05) is 23.7 Å². The van der Waals surface area contributed by atoms with E-state index < -0.39 is 6.10 Å². The first-order valence-electron chi connectivity index (χ1n) is 6.97. The molecule has 1 aliphatic rings. The summed E-state index contributed by atoms with van der Waals surface area (Å²) in [6, 6.07) is 7.29. The Balaban J connectivity index is 1.94. The summed E-state index contributed by atoms with van der Waals surface area (Å²) < 4.78 is 0. The summed E-state index contributed by atoms with van der Waals surface area (Å²) in [6.45, 7) is 2.16. The third-order valence-corrected chi connectivity index (χ3v) is 4.02. The molecule has 2 rings (SSSR count). The highest BCUT2D eigenvalue weighted by molar-refractivity contribution is 6.30. The number of halogens is 1. The lowest BCUT2D eigenvalue weighted by molar-refractivity contribution is -0.126. The number of β-amino-alcohol motifs (C(OH)–C–C–N with tert-alkyl or cyclic N) is 1. The first-order valence-corrected chi connectivity index (χ1v) is 7.35. The normalized spacial score (nSPS) is 21.4. The maximum atomic E-state index is 11.7. The average Bonchev–Trinajstić information content (AvgIpc) is 2.46. The van der Waals surface area contributed by atoms with Gasteiger partial charge in [0.15, 0.2) is 0 Å². The Morgan fingerprint density at radius 2 is 2.40 bits per heavy atom. The van der Waals surface area contributed by atoms with Crippen LogP contribution in [0.4, 0.5) is 0 Å². The van der Waals surface area contributed by atoms with Crippen LogP contribution in [0.5, 0.6) is 0 Å². The number of hydrogen-bond donors (Lipinski definition) is 2. The fraction of sp³-hybridized carbons (Fsp3) is 0.533. The quantitative estimate of drug-likeness (QED) is 0.891. The molecule has 1 saturated heterocycles. The smallest absolute Gasteiger partial charge is 0.224 e. The van der Waals surface area contributed by atoms with E-state index in [0.29, 0.717) is 18.1 Å². The molecule has 1 aromatic rings. The SMILES string of the molecule is CNC(=O)C1CCCN(CC(O)c2cccc(Cl)c2)C1. The molecule has 0 spiro atoms. The number of carbonyl (C=O) groups excluding carboxylic acids is 1. The van der Waals surface area contributed by atoms with E-state index in [2.05, 4.69) is 10.2 Å². The van der Waals surface area contributed by atoms with Crippen LogP contribution in [0.1, 0.15) is 24.5 Å². The van der Waals surface area contributed by atoms with Crippen LogP contribution in [0.3, 0.4) is 0 Å². The first kappa shape index (κ1) is 15.3. The molecular weight excluding hydrogens is 276 g/mol. The van der Waals surface area contributed by atoms with Gasteiger partial charge >= 0.3 is 0 Å². The van der Waals surface area contributed by atoms with Crippen molar-refractivity contribution in [2.45, 2.75) is 18.9 Å². The number of rotatable bonds is 4. The summed E-state index contributed by atoms with van der Waals surface area (Å²) in [5.41, 5.74) is 0.819. The lowest BCUT2D eigenvalue weighted by Crippen LogP contribution is -2.43. The number of nitrogens with zero attached hydrogens (tertiary/aromatic N) is 1. The van der Waals surface area contributed by atoms with Crippen molar-refractivity contribution >= 4 is 17.5 Å². The van der Waals surface area contributed by atoms with E-state index in [1.54, 1.807) is 19.2 Å². The predicted octanol–water partition coefficient (Wildman–Crippen LogP) is 1.83. The van der Waals surface area contributed by atoms with Gasteiger partial charge in [-0.3, -0.25) is 9.69 Å². The van der Waals surface area contributed by atoms with Gasteiger partial charge in [0.05, 0.1) is 12.0 Å². The number of amides is 1. The highest BCUT2D eigenvalue weighted by atomic mass is 35.5. The summed E-state index contributed by atoms with van der Waals surface area (Å²) in [5.74, 6) is 0.118. The lowest BCUT2D eigenvalue weighted by atomic mass is 9.96. The van der Waals surface area contributed by atoms with Gasteiger partial charge in [0.25, 0.3) is 0 Å². The second kappa shape index (κ2) is 7.07. The lowest BCUT2D eigenvalue weighted by Gasteiger charge is -2.33. The first-order chi connectivity index (χ1) is 9.60. The van der Waals surface area contributed by atoms with Gasteiger partial charge < -0.3 is 10.4 Å². The van der Waals surface area contributed by atoms with Crippen LogP contribution in [0.15, 0.2) is 24.3 Å². The summed E-state index contributed by atoms with van der Waals surface area (Å²) in [7, 11) is 1.67. The van der Waals surface area contributed by atoms with Crippen LogP contribution in [-0.4, -0.2) is 42.6 Å². The van der Waals surface area contributed by atoms with Gasteiger partial charge in [0.1, 0.15) is 0 Å². The fourth-order valence-corrected chi connectivity index (χ4v) is 2.90. The molecule has 20 heavy (non-hydrogen) atoms.